The first-order valence-corrected chi connectivity index (χ1v) is 9.98. The first kappa shape index (κ1) is 19.0. The van der Waals surface area contributed by atoms with E-state index in [9.17, 15) is 14.9 Å². The second-order valence-corrected chi connectivity index (χ2v) is 7.69. The van der Waals surface area contributed by atoms with Gasteiger partial charge < -0.3 is 4.74 Å². The van der Waals surface area contributed by atoms with Gasteiger partial charge in [0.15, 0.2) is 0 Å². The number of fused-ring (bicyclic) bond motifs is 3. The van der Waals surface area contributed by atoms with E-state index < -0.39 is 11.2 Å². The first-order chi connectivity index (χ1) is 15.0. The number of carbonyl (C=O) groups is 1. The van der Waals surface area contributed by atoms with Crippen molar-refractivity contribution in [2.75, 3.05) is 0 Å². The van der Waals surface area contributed by atoms with Crippen molar-refractivity contribution in [3.05, 3.63) is 105 Å². The number of rotatable bonds is 4. The summed E-state index contributed by atoms with van der Waals surface area (Å²) in [4.78, 5) is 23.8. The van der Waals surface area contributed by atoms with E-state index in [1.807, 2.05) is 55.5 Å². The van der Waals surface area contributed by atoms with E-state index >= 15 is 0 Å². The van der Waals surface area contributed by atoms with Gasteiger partial charge in [0.25, 0.3) is 11.9 Å². The maximum atomic E-state index is 13.3. The summed E-state index contributed by atoms with van der Waals surface area (Å²) in [5.74, 6) is 0.368. The van der Waals surface area contributed by atoms with Gasteiger partial charge in [-0.1, -0.05) is 48.0 Å². The van der Waals surface area contributed by atoms with Gasteiger partial charge in [-0.2, -0.15) is 5.10 Å². The zero-order valence-corrected chi connectivity index (χ0v) is 16.8. The van der Waals surface area contributed by atoms with Crippen LogP contribution < -0.4 is 4.74 Å². The summed E-state index contributed by atoms with van der Waals surface area (Å²) >= 11 is 0. The summed E-state index contributed by atoms with van der Waals surface area (Å²) in [6.07, 6.45) is -0.280. The molecule has 0 amide bonds. The minimum Gasteiger partial charge on any atom is -0.461 e. The topological polar surface area (TPSA) is 85.0 Å². The molecule has 0 saturated carbocycles. The van der Waals surface area contributed by atoms with Crippen molar-refractivity contribution in [3.8, 4) is 5.75 Å². The third kappa shape index (κ3) is 3.34. The predicted molar refractivity (Wildman–Crippen MR) is 115 cm³/mol. The van der Waals surface area contributed by atoms with Crippen molar-refractivity contribution < 1.29 is 14.5 Å². The Bertz CT molecular complexity index is 1200. The van der Waals surface area contributed by atoms with E-state index in [0.717, 1.165) is 16.8 Å². The van der Waals surface area contributed by atoms with Crippen LogP contribution in [0.2, 0.25) is 0 Å². The largest absolute Gasteiger partial charge is 0.461 e. The lowest BCUT2D eigenvalue weighted by molar-refractivity contribution is -0.384. The number of para-hydroxylation sites is 1. The van der Waals surface area contributed by atoms with Crippen LogP contribution in [0.4, 0.5) is 5.69 Å². The Morgan fingerprint density at radius 3 is 2.48 bits per heavy atom. The summed E-state index contributed by atoms with van der Waals surface area (Å²) in [7, 11) is 0. The third-order valence-electron chi connectivity index (χ3n) is 5.67. The molecule has 0 saturated heterocycles. The molecule has 2 atom stereocenters. The van der Waals surface area contributed by atoms with E-state index in [1.54, 1.807) is 5.01 Å². The minimum absolute atomic E-state index is 0.0646. The molecule has 3 aromatic carbocycles. The van der Waals surface area contributed by atoms with Crippen LogP contribution in [0.25, 0.3) is 0 Å². The molecule has 0 bridgehead atoms. The molecule has 2 unspecified atom stereocenters. The second kappa shape index (κ2) is 7.36. The number of benzene rings is 3. The fraction of sp³-hybridized carbons (Fsp3) is 0.167. The summed E-state index contributed by atoms with van der Waals surface area (Å²) in [6, 6.07) is 21.3. The van der Waals surface area contributed by atoms with E-state index in [0.29, 0.717) is 17.7 Å². The summed E-state index contributed by atoms with van der Waals surface area (Å²) in [6.45, 7) is 2.03. The molecule has 0 fully saturated rings. The fourth-order valence-corrected chi connectivity index (χ4v) is 4.02. The number of carbonyl (C=O) groups excluding carboxylic acids is 1. The third-order valence-corrected chi connectivity index (χ3v) is 5.67. The quantitative estimate of drug-likeness (QED) is 0.353. The van der Waals surface area contributed by atoms with E-state index in [4.69, 9.17) is 9.84 Å². The van der Waals surface area contributed by atoms with Crippen molar-refractivity contribution in [1.82, 2.24) is 5.01 Å². The SMILES string of the molecule is Cc1ccc(C2=NN3C(C(=O)c4ccc([N+](=O)[O-])cc4)Oc4ccccc4C3C2)cc1. The molecule has 2 aliphatic rings. The number of hydrogen-bond donors (Lipinski definition) is 0. The Morgan fingerprint density at radius 2 is 1.77 bits per heavy atom. The highest BCUT2D eigenvalue weighted by Gasteiger charge is 2.43. The smallest absolute Gasteiger partial charge is 0.269 e. The maximum absolute atomic E-state index is 13.3. The van der Waals surface area contributed by atoms with Crippen LogP contribution in [0.5, 0.6) is 5.75 Å². The van der Waals surface area contributed by atoms with Gasteiger partial charge in [0.1, 0.15) is 5.75 Å². The van der Waals surface area contributed by atoms with Gasteiger partial charge in [-0.3, -0.25) is 14.9 Å². The molecule has 3 aromatic rings. The van der Waals surface area contributed by atoms with Crippen molar-refractivity contribution in [3.63, 3.8) is 0 Å². The van der Waals surface area contributed by atoms with Gasteiger partial charge in [0.05, 0.1) is 16.7 Å². The van der Waals surface area contributed by atoms with Gasteiger partial charge >= 0.3 is 0 Å². The highest BCUT2D eigenvalue weighted by Crippen LogP contribution is 2.43. The van der Waals surface area contributed by atoms with Gasteiger partial charge in [-0.25, -0.2) is 5.01 Å². The molecular weight excluding hydrogens is 394 g/mol. The molecule has 0 spiro atoms. The molecule has 154 valence electrons. The van der Waals surface area contributed by atoms with E-state index in [2.05, 4.69) is 0 Å². The standard InChI is InChI=1S/C24H19N3O4/c1-15-6-8-16(9-7-15)20-14-21-19-4-2-3-5-22(19)31-24(26(21)25-20)23(28)17-10-12-18(13-11-17)27(29)30/h2-13,21,24H,14H2,1H3. The van der Waals surface area contributed by atoms with Gasteiger partial charge in [-0.15, -0.1) is 0 Å². The zero-order chi connectivity index (χ0) is 21.5. The van der Waals surface area contributed by atoms with Crippen LogP contribution in [0.1, 0.15) is 39.5 Å². The number of Topliss-reactive ketones (excluding diaryl/α,β-unsaturated/α-hetero) is 1. The average molecular weight is 413 g/mol. The number of aryl methyl sites for hydroxylation is 1. The van der Waals surface area contributed by atoms with Crippen LogP contribution in [0.15, 0.2) is 77.9 Å². The van der Waals surface area contributed by atoms with Crippen molar-refractivity contribution in [2.24, 2.45) is 5.10 Å². The summed E-state index contributed by atoms with van der Waals surface area (Å²) in [5, 5.41) is 17.4. The maximum Gasteiger partial charge on any atom is 0.269 e. The molecule has 5 rings (SSSR count). The highest BCUT2D eigenvalue weighted by atomic mass is 16.6. The fourth-order valence-electron chi connectivity index (χ4n) is 4.02. The predicted octanol–water partition coefficient (Wildman–Crippen LogP) is 4.66. The van der Waals surface area contributed by atoms with Crippen LogP contribution >= 0.6 is 0 Å². The molecule has 0 aromatic heterocycles. The number of nitrogens with zero attached hydrogens (tertiary/aromatic N) is 3. The number of hydrogen-bond acceptors (Lipinski definition) is 6. The number of ether oxygens (including phenoxy) is 1. The minimum atomic E-state index is -0.940. The summed E-state index contributed by atoms with van der Waals surface area (Å²) in [5.41, 5.74) is 4.34. The molecule has 0 aliphatic carbocycles. The van der Waals surface area contributed by atoms with Crippen molar-refractivity contribution >= 4 is 17.2 Å². The monoisotopic (exact) mass is 413 g/mol. The lowest BCUT2D eigenvalue weighted by Crippen LogP contribution is -2.45. The average Bonchev–Trinajstić information content (AvgIpc) is 3.24. The Kier molecular flexibility index (Phi) is 4.51. The number of hydrazone groups is 1. The molecule has 0 radical (unpaired) electrons. The van der Waals surface area contributed by atoms with Gasteiger partial charge in [-0.05, 0) is 30.7 Å². The Balaban J connectivity index is 1.52. The Labute approximate surface area is 178 Å². The lowest BCUT2D eigenvalue weighted by Gasteiger charge is -2.37. The van der Waals surface area contributed by atoms with Crippen LogP contribution in [-0.4, -0.2) is 27.7 Å². The van der Waals surface area contributed by atoms with Crippen LogP contribution in [0, 0.1) is 17.0 Å². The number of ketones is 1. The van der Waals surface area contributed by atoms with E-state index in [1.165, 1.54) is 29.8 Å². The molecule has 31 heavy (non-hydrogen) atoms. The Morgan fingerprint density at radius 1 is 1.06 bits per heavy atom. The normalized spacial score (nSPS) is 19.1. The zero-order valence-electron chi connectivity index (χ0n) is 16.8. The van der Waals surface area contributed by atoms with Gasteiger partial charge in [0.2, 0.25) is 5.78 Å². The van der Waals surface area contributed by atoms with Crippen molar-refractivity contribution in [2.45, 2.75) is 25.6 Å². The lowest BCUT2D eigenvalue weighted by atomic mass is 9.95. The molecule has 2 aliphatic heterocycles. The second-order valence-electron chi connectivity index (χ2n) is 7.69. The van der Waals surface area contributed by atoms with Crippen molar-refractivity contribution in [1.29, 1.82) is 0 Å². The van der Waals surface area contributed by atoms with Gasteiger partial charge in [0, 0.05) is 29.7 Å². The highest BCUT2D eigenvalue weighted by molar-refractivity contribution is 6.03. The van der Waals surface area contributed by atoms with Crippen LogP contribution in [-0.2, 0) is 0 Å². The molecule has 7 nitrogen and oxygen atoms in total. The number of nitro benzene ring substituents is 1. The first-order valence-electron chi connectivity index (χ1n) is 9.98. The van der Waals surface area contributed by atoms with E-state index in [-0.39, 0.29) is 17.5 Å². The number of nitro groups is 1. The number of non-ortho nitro benzene ring substituents is 1. The molecule has 0 N–H and O–H groups in total. The molecule has 2 heterocycles. The van der Waals surface area contributed by atoms with Crippen LogP contribution in [0.3, 0.4) is 0 Å². The Hall–Kier alpha value is -4.00. The molecular formula is C24H19N3O4. The molecule has 7 heteroatoms. The summed E-state index contributed by atoms with van der Waals surface area (Å²) < 4.78 is 6.08.